The van der Waals surface area contributed by atoms with Crippen molar-refractivity contribution in [3.63, 3.8) is 0 Å². The minimum Gasteiger partial charge on any atom is -0.307 e. The van der Waals surface area contributed by atoms with E-state index in [0.717, 1.165) is 5.69 Å². The summed E-state index contributed by atoms with van der Waals surface area (Å²) in [5.41, 5.74) is 5.77. The smallest absolute Gasteiger partial charge is 0.307 e. The van der Waals surface area contributed by atoms with Crippen molar-refractivity contribution in [3.8, 4) is 16.9 Å². The predicted octanol–water partition coefficient (Wildman–Crippen LogP) is 4.60. The highest BCUT2D eigenvalue weighted by Gasteiger charge is 2.13. The molecule has 0 aliphatic carbocycles. The molecule has 4 aromatic rings. The van der Waals surface area contributed by atoms with Crippen molar-refractivity contribution in [1.82, 2.24) is 15.2 Å². The molecule has 0 bridgehead atoms. The third kappa shape index (κ3) is 4.85. The van der Waals surface area contributed by atoms with Gasteiger partial charge in [0.1, 0.15) is 5.69 Å². The fraction of sp³-hybridized carbons (Fsp3) is 0. The van der Waals surface area contributed by atoms with Crippen LogP contribution in [0, 0.1) is 10.1 Å². The Kier molecular flexibility index (Phi) is 5.98. The second-order valence-corrected chi connectivity index (χ2v) is 6.71. The lowest BCUT2D eigenvalue weighted by atomic mass is 10.1. The van der Waals surface area contributed by atoms with Crippen molar-refractivity contribution in [3.05, 3.63) is 107 Å². The van der Waals surface area contributed by atoms with Crippen LogP contribution in [0.3, 0.4) is 0 Å². The molecule has 32 heavy (non-hydrogen) atoms. The van der Waals surface area contributed by atoms with Crippen molar-refractivity contribution in [1.29, 1.82) is 0 Å². The van der Waals surface area contributed by atoms with E-state index in [1.807, 2.05) is 48.5 Å². The Morgan fingerprint density at radius 2 is 1.62 bits per heavy atom. The molecular weight excluding hydrogens is 408 g/mol. The van der Waals surface area contributed by atoms with Gasteiger partial charge in [0.15, 0.2) is 0 Å². The van der Waals surface area contributed by atoms with Crippen molar-refractivity contribution >= 4 is 23.6 Å². The average molecular weight is 426 g/mol. The number of para-hydroxylation sites is 2. The molecule has 0 saturated heterocycles. The van der Waals surface area contributed by atoms with Gasteiger partial charge in [-0.25, -0.2) is 14.9 Å². The zero-order valence-corrected chi connectivity index (χ0v) is 16.8. The first-order valence-electron chi connectivity index (χ1n) is 9.65. The minimum atomic E-state index is -0.486. The highest BCUT2D eigenvalue weighted by atomic mass is 16.6. The summed E-state index contributed by atoms with van der Waals surface area (Å²) in [4.78, 5) is 22.6. The van der Waals surface area contributed by atoms with Crippen LogP contribution in [0.5, 0.6) is 0 Å². The fourth-order valence-corrected chi connectivity index (χ4v) is 3.00. The Morgan fingerprint density at radius 3 is 2.28 bits per heavy atom. The number of nitro benzene ring substituents is 1. The van der Waals surface area contributed by atoms with Gasteiger partial charge in [-0.2, -0.15) is 10.2 Å². The van der Waals surface area contributed by atoms with Gasteiger partial charge in [0.05, 0.1) is 16.8 Å². The number of hydrogen-bond donors (Lipinski definition) is 2. The third-order valence-corrected chi connectivity index (χ3v) is 4.52. The number of benzene rings is 3. The van der Waals surface area contributed by atoms with Crippen LogP contribution < -0.4 is 10.7 Å². The largest absolute Gasteiger partial charge is 0.339 e. The number of urea groups is 1. The minimum absolute atomic E-state index is 0.00860. The van der Waals surface area contributed by atoms with Crippen LogP contribution in [0.1, 0.15) is 5.56 Å². The number of nitrogens with one attached hydrogen (secondary N) is 2. The van der Waals surface area contributed by atoms with Gasteiger partial charge in [0.2, 0.25) is 0 Å². The van der Waals surface area contributed by atoms with E-state index in [1.54, 1.807) is 35.1 Å². The molecule has 0 radical (unpaired) electrons. The van der Waals surface area contributed by atoms with E-state index in [9.17, 15) is 14.9 Å². The molecule has 2 N–H and O–H groups in total. The van der Waals surface area contributed by atoms with Crippen LogP contribution in [-0.2, 0) is 0 Å². The van der Waals surface area contributed by atoms with Gasteiger partial charge >= 0.3 is 6.03 Å². The summed E-state index contributed by atoms with van der Waals surface area (Å²) in [7, 11) is 0. The molecule has 0 aliphatic heterocycles. The van der Waals surface area contributed by atoms with Crippen LogP contribution >= 0.6 is 0 Å². The van der Waals surface area contributed by atoms with Crippen LogP contribution in [0.25, 0.3) is 16.9 Å². The summed E-state index contributed by atoms with van der Waals surface area (Å²) < 4.78 is 1.68. The van der Waals surface area contributed by atoms with Crippen molar-refractivity contribution < 1.29 is 9.72 Å². The SMILES string of the molecule is O=C(N/N=C/c1cn(-c2ccccc2)nc1-c1ccc([N+](=O)[O-])cc1)Nc1ccccc1. The number of hydrogen-bond acceptors (Lipinski definition) is 5. The molecule has 0 fully saturated rings. The molecule has 0 saturated carbocycles. The molecule has 1 heterocycles. The summed E-state index contributed by atoms with van der Waals surface area (Å²) in [5, 5.41) is 22.3. The highest BCUT2D eigenvalue weighted by molar-refractivity contribution is 5.92. The standard InChI is InChI=1S/C23H18N6O3/c30-23(25-19-7-3-1-4-8-19)26-24-15-18-16-28(20-9-5-2-6-10-20)27-22(18)17-11-13-21(14-12-17)29(31)32/h1-16H,(H2,25,26,30)/b24-15+. The van der Waals surface area contributed by atoms with E-state index >= 15 is 0 Å². The van der Waals surface area contributed by atoms with E-state index in [4.69, 9.17) is 0 Å². The van der Waals surface area contributed by atoms with Crippen LogP contribution in [0.15, 0.2) is 96.2 Å². The molecule has 0 unspecified atom stereocenters. The molecule has 158 valence electrons. The average Bonchev–Trinajstić information content (AvgIpc) is 3.24. The Balaban J connectivity index is 1.59. The zero-order valence-electron chi connectivity index (χ0n) is 16.8. The van der Waals surface area contributed by atoms with Crippen molar-refractivity contribution in [2.45, 2.75) is 0 Å². The van der Waals surface area contributed by atoms with Crippen molar-refractivity contribution in [2.24, 2.45) is 5.10 Å². The van der Waals surface area contributed by atoms with Gasteiger partial charge < -0.3 is 5.32 Å². The number of hydrazone groups is 1. The Hall–Kier alpha value is -4.79. The highest BCUT2D eigenvalue weighted by Crippen LogP contribution is 2.25. The summed E-state index contributed by atoms with van der Waals surface area (Å²) >= 11 is 0. The molecule has 4 rings (SSSR count). The first kappa shape index (κ1) is 20.5. The molecule has 3 aromatic carbocycles. The molecule has 0 spiro atoms. The van der Waals surface area contributed by atoms with Gasteiger partial charge in [-0.3, -0.25) is 10.1 Å². The Labute approximate surface area is 183 Å². The molecule has 9 nitrogen and oxygen atoms in total. The predicted molar refractivity (Wildman–Crippen MR) is 122 cm³/mol. The van der Waals surface area contributed by atoms with E-state index in [-0.39, 0.29) is 5.69 Å². The lowest BCUT2D eigenvalue weighted by Gasteiger charge is -2.03. The maximum Gasteiger partial charge on any atom is 0.339 e. The Bertz CT molecular complexity index is 1250. The van der Waals surface area contributed by atoms with Crippen LogP contribution in [-0.4, -0.2) is 26.9 Å². The number of rotatable bonds is 6. The lowest BCUT2D eigenvalue weighted by Crippen LogP contribution is -2.24. The number of nitro groups is 1. The van der Waals surface area contributed by atoms with E-state index in [2.05, 4.69) is 20.9 Å². The van der Waals surface area contributed by atoms with Crippen LogP contribution in [0.2, 0.25) is 0 Å². The second kappa shape index (κ2) is 9.35. The number of aromatic nitrogens is 2. The maximum atomic E-state index is 12.1. The molecule has 9 heteroatoms. The quantitative estimate of drug-likeness (QED) is 0.266. The normalized spacial score (nSPS) is 10.8. The number of anilines is 1. The van der Waals surface area contributed by atoms with Crippen molar-refractivity contribution in [2.75, 3.05) is 5.32 Å². The molecule has 0 aliphatic rings. The summed E-state index contributed by atoms with van der Waals surface area (Å²) in [6.07, 6.45) is 3.25. The monoisotopic (exact) mass is 426 g/mol. The van der Waals surface area contributed by atoms with Gasteiger partial charge in [-0.1, -0.05) is 36.4 Å². The molecule has 0 atom stereocenters. The molecular formula is C23H18N6O3. The number of nitrogens with zero attached hydrogens (tertiary/aromatic N) is 4. The van der Waals surface area contributed by atoms with E-state index in [0.29, 0.717) is 22.5 Å². The summed E-state index contributed by atoms with van der Waals surface area (Å²) in [6.45, 7) is 0. The number of carbonyl (C=O) groups is 1. The molecule has 1 aromatic heterocycles. The maximum absolute atomic E-state index is 12.1. The van der Waals surface area contributed by atoms with Gasteiger partial charge in [0, 0.05) is 35.1 Å². The third-order valence-electron chi connectivity index (χ3n) is 4.52. The Morgan fingerprint density at radius 1 is 0.969 bits per heavy atom. The number of amides is 2. The first-order valence-corrected chi connectivity index (χ1v) is 9.65. The molecule has 2 amide bonds. The fourth-order valence-electron chi connectivity index (χ4n) is 3.00. The summed E-state index contributed by atoms with van der Waals surface area (Å²) in [6, 6.07) is 24.1. The van der Waals surface area contributed by atoms with Gasteiger partial charge in [0.25, 0.3) is 5.69 Å². The van der Waals surface area contributed by atoms with Gasteiger partial charge in [-0.15, -0.1) is 0 Å². The first-order chi connectivity index (χ1) is 15.6. The zero-order chi connectivity index (χ0) is 22.3. The van der Waals surface area contributed by atoms with Gasteiger partial charge in [-0.05, 0) is 36.4 Å². The summed E-state index contributed by atoms with van der Waals surface area (Å²) in [5.74, 6) is 0. The topological polar surface area (TPSA) is 114 Å². The van der Waals surface area contributed by atoms with E-state index < -0.39 is 11.0 Å². The number of non-ortho nitro benzene ring substituents is 1. The van der Waals surface area contributed by atoms with Crippen LogP contribution in [0.4, 0.5) is 16.2 Å². The van der Waals surface area contributed by atoms with E-state index in [1.165, 1.54) is 18.3 Å². The lowest BCUT2D eigenvalue weighted by molar-refractivity contribution is -0.384. The number of carbonyl (C=O) groups excluding carboxylic acids is 1. The second-order valence-electron chi connectivity index (χ2n) is 6.71.